The van der Waals surface area contributed by atoms with Crippen molar-refractivity contribution in [1.29, 1.82) is 0 Å². The molecule has 154 valence electrons. The van der Waals surface area contributed by atoms with Crippen molar-refractivity contribution in [3.05, 3.63) is 11.1 Å². The number of carbonyl (C=O) groups excluding carboxylic acids is 1. The van der Waals surface area contributed by atoms with E-state index in [0.29, 0.717) is 17.4 Å². The Hall–Kier alpha value is -1.38. The molecule has 4 nitrogen and oxygen atoms in total. The van der Waals surface area contributed by atoms with Crippen molar-refractivity contribution in [2.75, 3.05) is 0 Å². The summed E-state index contributed by atoms with van der Waals surface area (Å²) in [5, 5.41) is 21.8. The first-order valence-corrected chi connectivity index (χ1v) is 10.6. The van der Waals surface area contributed by atoms with Crippen molar-refractivity contribution < 1.29 is 24.1 Å². The molecule has 0 amide bonds. The van der Waals surface area contributed by atoms with Crippen LogP contribution in [0.3, 0.4) is 0 Å². The van der Waals surface area contributed by atoms with Gasteiger partial charge in [0, 0.05) is 24.3 Å². The molecule has 0 bridgehead atoms. The van der Waals surface area contributed by atoms with Crippen molar-refractivity contribution in [1.82, 2.24) is 0 Å². The molecule has 0 aromatic carbocycles. The predicted molar refractivity (Wildman–Crippen MR) is 102 cm³/mol. The van der Waals surface area contributed by atoms with E-state index in [1.165, 1.54) is 13.1 Å². The molecule has 8 atom stereocenters. The first-order chi connectivity index (χ1) is 13.2. The summed E-state index contributed by atoms with van der Waals surface area (Å²) in [5.74, 6) is 3.33. The number of carbonyl (C=O) groups is 1. The standard InChI is InChI=1S/C23H31FO4/c1-13(25)28-19-12-21(27)23(3)17(15(19)9-11-24)5-4-14-16-6-7-20(26)22(16,2)10-8-18(14)23/h14,16,18-21,26-27H,4-8,10,12H2,1-3H3/t14-,16-,18+,19?,20?,21?,22-,23-/m0/s1. The summed E-state index contributed by atoms with van der Waals surface area (Å²) in [6, 6.07) is 0. The maximum absolute atomic E-state index is 13.0. The van der Waals surface area contributed by atoms with Crippen LogP contribution in [-0.2, 0) is 9.53 Å². The van der Waals surface area contributed by atoms with Gasteiger partial charge in [0.05, 0.1) is 12.2 Å². The number of aliphatic hydroxyl groups is 2. The number of hydrogen-bond donors (Lipinski definition) is 2. The number of hydrogen-bond acceptors (Lipinski definition) is 4. The minimum absolute atomic E-state index is 0.0276. The average Bonchev–Trinajstić information content (AvgIpc) is 2.94. The van der Waals surface area contributed by atoms with Crippen LogP contribution in [0.2, 0.25) is 0 Å². The first kappa shape index (κ1) is 19.9. The molecule has 0 aromatic rings. The molecule has 28 heavy (non-hydrogen) atoms. The molecular formula is C23H31FO4. The first-order valence-electron chi connectivity index (χ1n) is 10.6. The highest BCUT2D eigenvalue weighted by atomic mass is 19.1. The molecule has 0 aromatic heterocycles. The molecule has 2 N–H and O–H groups in total. The van der Waals surface area contributed by atoms with Gasteiger partial charge in [0.25, 0.3) is 0 Å². The lowest BCUT2D eigenvalue weighted by Crippen LogP contribution is -2.56. The minimum Gasteiger partial charge on any atom is -0.457 e. The van der Waals surface area contributed by atoms with E-state index in [-0.39, 0.29) is 23.9 Å². The van der Waals surface area contributed by atoms with Gasteiger partial charge in [-0.2, -0.15) is 0 Å². The van der Waals surface area contributed by atoms with Gasteiger partial charge < -0.3 is 14.9 Å². The molecule has 0 heterocycles. The van der Waals surface area contributed by atoms with Crippen LogP contribution in [0.1, 0.15) is 65.7 Å². The second kappa shape index (κ2) is 6.85. The number of fused-ring (bicyclic) bond motifs is 5. The normalized spacial score (nSPS) is 47.4. The van der Waals surface area contributed by atoms with Crippen LogP contribution in [0.25, 0.3) is 0 Å². The van der Waals surface area contributed by atoms with Gasteiger partial charge in [0.1, 0.15) is 12.3 Å². The Kier molecular flexibility index (Phi) is 4.87. The summed E-state index contributed by atoms with van der Waals surface area (Å²) < 4.78 is 18.4. The zero-order chi connectivity index (χ0) is 20.3. The Morgan fingerprint density at radius 3 is 2.57 bits per heavy atom. The van der Waals surface area contributed by atoms with Crippen molar-refractivity contribution in [2.45, 2.75) is 84.0 Å². The summed E-state index contributed by atoms with van der Waals surface area (Å²) in [4.78, 5) is 11.5. The number of esters is 1. The Balaban J connectivity index is 1.75. The van der Waals surface area contributed by atoms with Crippen molar-refractivity contribution in [2.24, 2.45) is 28.6 Å². The van der Waals surface area contributed by atoms with E-state index in [9.17, 15) is 19.4 Å². The zero-order valence-electron chi connectivity index (χ0n) is 17.0. The highest BCUT2D eigenvalue weighted by Gasteiger charge is 2.61. The van der Waals surface area contributed by atoms with Gasteiger partial charge in [-0.05, 0) is 73.2 Å². The third kappa shape index (κ3) is 2.68. The summed E-state index contributed by atoms with van der Waals surface area (Å²) in [7, 11) is 0. The monoisotopic (exact) mass is 390 g/mol. The van der Waals surface area contributed by atoms with E-state index in [1.54, 1.807) is 0 Å². The van der Waals surface area contributed by atoms with Gasteiger partial charge in [-0.1, -0.05) is 13.8 Å². The van der Waals surface area contributed by atoms with E-state index >= 15 is 0 Å². The van der Waals surface area contributed by atoms with Crippen molar-refractivity contribution in [3.63, 3.8) is 0 Å². The molecule has 5 heteroatoms. The smallest absolute Gasteiger partial charge is 0.303 e. The number of rotatable bonds is 1. The quantitative estimate of drug-likeness (QED) is 0.531. The van der Waals surface area contributed by atoms with E-state index < -0.39 is 23.6 Å². The highest BCUT2D eigenvalue weighted by Crippen LogP contribution is 2.66. The number of halogens is 1. The maximum atomic E-state index is 13.0. The number of ether oxygens (including phenoxy) is 1. The van der Waals surface area contributed by atoms with Gasteiger partial charge in [-0.3, -0.25) is 4.79 Å². The molecule has 3 saturated carbocycles. The SMILES string of the molecule is CC(=O)OC1CC(O)[C@@]2(C)C(=C1C#CF)CC[C@@H]1[C@H]2CC[C@]2(C)C(O)CC[C@@H]12. The average molecular weight is 390 g/mol. The van der Waals surface area contributed by atoms with Crippen LogP contribution in [0, 0.1) is 40.7 Å². The lowest BCUT2D eigenvalue weighted by molar-refractivity contribution is -0.150. The maximum Gasteiger partial charge on any atom is 0.303 e. The fraction of sp³-hybridized carbons (Fsp3) is 0.783. The van der Waals surface area contributed by atoms with Crippen molar-refractivity contribution in [3.8, 4) is 12.1 Å². The van der Waals surface area contributed by atoms with E-state index in [1.807, 2.05) is 0 Å². The van der Waals surface area contributed by atoms with Crippen LogP contribution in [-0.4, -0.2) is 34.5 Å². The second-order valence-electron chi connectivity index (χ2n) is 9.80. The fourth-order valence-corrected chi connectivity index (χ4v) is 7.36. The van der Waals surface area contributed by atoms with Crippen molar-refractivity contribution >= 4 is 5.97 Å². The van der Waals surface area contributed by atoms with Crippen LogP contribution in [0.5, 0.6) is 0 Å². The van der Waals surface area contributed by atoms with E-state index in [4.69, 9.17) is 4.74 Å². The van der Waals surface area contributed by atoms with Gasteiger partial charge in [0.15, 0.2) is 0 Å². The summed E-state index contributed by atoms with van der Waals surface area (Å²) in [6.45, 7) is 5.66. The lowest BCUT2D eigenvalue weighted by Gasteiger charge is -2.59. The zero-order valence-corrected chi connectivity index (χ0v) is 17.0. The fourth-order valence-electron chi connectivity index (χ4n) is 7.36. The largest absolute Gasteiger partial charge is 0.457 e. The van der Waals surface area contributed by atoms with Gasteiger partial charge >= 0.3 is 5.97 Å². The van der Waals surface area contributed by atoms with Gasteiger partial charge in [-0.15, -0.1) is 4.39 Å². The van der Waals surface area contributed by atoms with Crippen LogP contribution in [0.15, 0.2) is 11.1 Å². The predicted octanol–water partition coefficient (Wildman–Crippen LogP) is 3.51. The second-order valence-corrected chi connectivity index (χ2v) is 9.80. The Bertz CT molecular complexity index is 764. The molecule has 0 radical (unpaired) electrons. The molecule has 0 aliphatic heterocycles. The molecule has 4 rings (SSSR count). The van der Waals surface area contributed by atoms with Gasteiger partial charge in [-0.25, -0.2) is 0 Å². The molecular weight excluding hydrogens is 359 g/mol. The van der Waals surface area contributed by atoms with E-state index in [0.717, 1.165) is 44.1 Å². The Morgan fingerprint density at radius 1 is 1.14 bits per heavy atom. The van der Waals surface area contributed by atoms with Gasteiger partial charge in [0.2, 0.25) is 0 Å². The van der Waals surface area contributed by atoms with E-state index in [2.05, 4.69) is 19.8 Å². The third-order valence-electron chi connectivity index (χ3n) is 8.80. The topological polar surface area (TPSA) is 66.8 Å². The third-order valence-corrected chi connectivity index (χ3v) is 8.80. The Labute approximate surface area is 166 Å². The summed E-state index contributed by atoms with van der Waals surface area (Å²) >= 11 is 0. The van der Waals surface area contributed by atoms with Crippen LogP contribution < -0.4 is 0 Å². The summed E-state index contributed by atoms with van der Waals surface area (Å²) in [6.07, 6.45) is 5.71. The van der Waals surface area contributed by atoms with Crippen LogP contribution in [0.4, 0.5) is 4.39 Å². The minimum atomic E-state index is -0.669. The molecule has 4 aliphatic rings. The molecule has 4 aliphatic carbocycles. The molecule has 0 saturated heterocycles. The molecule has 0 spiro atoms. The Morgan fingerprint density at radius 2 is 1.89 bits per heavy atom. The summed E-state index contributed by atoms with van der Waals surface area (Å²) in [5.41, 5.74) is 1.03. The molecule has 3 unspecified atom stereocenters. The highest BCUT2D eigenvalue weighted by molar-refractivity contribution is 5.67. The lowest BCUT2D eigenvalue weighted by atomic mass is 9.46. The van der Waals surface area contributed by atoms with Crippen LogP contribution >= 0.6 is 0 Å². The number of aliphatic hydroxyl groups excluding tert-OH is 2. The molecule has 3 fully saturated rings.